The molecule has 1 amide bonds. The average Bonchev–Trinajstić information content (AvgIpc) is 3.04. The number of carbonyl (C=O) groups excluding carboxylic acids is 1. The molecule has 1 aromatic carbocycles. The normalized spacial score (nSPS) is 17.0. The van der Waals surface area contributed by atoms with Crippen molar-refractivity contribution in [2.75, 3.05) is 6.54 Å². The van der Waals surface area contributed by atoms with Gasteiger partial charge >= 0.3 is 6.18 Å². The molecule has 1 N–H and O–H groups in total. The highest BCUT2D eigenvalue weighted by Gasteiger charge is 2.31. The van der Waals surface area contributed by atoms with Crippen molar-refractivity contribution in [1.29, 1.82) is 0 Å². The van der Waals surface area contributed by atoms with E-state index in [1.807, 2.05) is 4.57 Å². The van der Waals surface area contributed by atoms with Gasteiger partial charge in [-0.3, -0.25) is 4.79 Å². The van der Waals surface area contributed by atoms with Crippen molar-refractivity contribution in [3.8, 4) is 0 Å². The fourth-order valence-corrected chi connectivity index (χ4v) is 3.26. The van der Waals surface area contributed by atoms with E-state index in [1.165, 1.54) is 12.1 Å². The Labute approximate surface area is 150 Å². The molecule has 2 heterocycles. The Morgan fingerprint density at radius 1 is 1.38 bits per heavy atom. The van der Waals surface area contributed by atoms with Crippen molar-refractivity contribution >= 4 is 5.91 Å². The second kappa shape index (κ2) is 7.51. The molecule has 3 rings (SSSR count). The summed E-state index contributed by atoms with van der Waals surface area (Å²) >= 11 is 0. The van der Waals surface area contributed by atoms with Gasteiger partial charge in [-0.15, -0.1) is 0 Å². The van der Waals surface area contributed by atoms with E-state index in [0.717, 1.165) is 31.2 Å². The van der Waals surface area contributed by atoms with Crippen LogP contribution in [0.3, 0.4) is 0 Å². The first-order valence-electron chi connectivity index (χ1n) is 8.90. The maximum absolute atomic E-state index is 12.9. The third-order valence-corrected chi connectivity index (χ3v) is 4.73. The van der Waals surface area contributed by atoms with E-state index in [-0.39, 0.29) is 11.8 Å². The molecular formula is C19H22F3N3O. The number of aromatic nitrogens is 2. The number of imidazole rings is 1. The molecule has 0 radical (unpaired) electrons. The number of fused-ring (bicyclic) bond motifs is 1. The van der Waals surface area contributed by atoms with E-state index >= 15 is 0 Å². The molecular weight excluding hydrogens is 343 g/mol. The number of hydrogen-bond donors (Lipinski definition) is 1. The number of aryl methyl sites for hydroxylation is 1. The van der Waals surface area contributed by atoms with Crippen molar-refractivity contribution in [2.24, 2.45) is 0 Å². The topological polar surface area (TPSA) is 46.9 Å². The Hall–Kier alpha value is -2.31. The smallest absolute Gasteiger partial charge is 0.351 e. The van der Waals surface area contributed by atoms with Crippen molar-refractivity contribution in [2.45, 2.75) is 51.2 Å². The third-order valence-electron chi connectivity index (χ3n) is 4.73. The van der Waals surface area contributed by atoms with E-state index in [2.05, 4.69) is 17.2 Å². The lowest BCUT2D eigenvalue weighted by Gasteiger charge is -2.24. The minimum absolute atomic E-state index is 0.0185. The number of amides is 1. The molecule has 0 saturated heterocycles. The Morgan fingerprint density at radius 3 is 2.92 bits per heavy atom. The Balaban J connectivity index is 1.73. The fourth-order valence-electron chi connectivity index (χ4n) is 3.26. The zero-order chi connectivity index (χ0) is 18.7. The van der Waals surface area contributed by atoms with Crippen LogP contribution in [0.4, 0.5) is 13.2 Å². The van der Waals surface area contributed by atoms with Gasteiger partial charge in [0.2, 0.25) is 0 Å². The Morgan fingerprint density at radius 2 is 2.19 bits per heavy atom. The van der Waals surface area contributed by atoms with Gasteiger partial charge in [0.25, 0.3) is 5.91 Å². The van der Waals surface area contributed by atoms with Crippen LogP contribution in [0.25, 0.3) is 0 Å². The monoisotopic (exact) mass is 365 g/mol. The summed E-state index contributed by atoms with van der Waals surface area (Å²) in [6.45, 7) is 3.20. The molecule has 140 valence electrons. The molecule has 0 spiro atoms. The number of benzene rings is 1. The summed E-state index contributed by atoms with van der Waals surface area (Å²) in [5.74, 6) is 0.597. The maximum atomic E-state index is 12.9. The van der Waals surface area contributed by atoms with Gasteiger partial charge in [0.15, 0.2) is 0 Å². The van der Waals surface area contributed by atoms with E-state index in [1.54, 1.807) is 12.3 Å². The first-order valence-corrected chi connectivity index (χ1v) is 8.90. The zero-order valence-corrected chi connectivity index (χ0v) is 14.6. The Bertz CT molecular complexity index is 783. The SMILES string of the molecule is CCCCNC(=O)c1cn2c(n1)CC[C@H](c1cccc(C(F)(F)F)c1)C2. The lowest BCUT2D eigenvalue weighted by atomic mass is 9.90. The molecule has 0 unspecified atom stereocenters. The number of alkyl halides is 3. The summed E-state index contributed by atoms with van der Waals surface area (Å²) < 4.78 is 40.7. The predicted octanol–water partition coefficient (Wildman–Crippen LogP) is 4.16. The summed E-state index contributed by atoms with van der Waals surface area (Å²) in [6, 6.07) is 5.51. The number of nitrogens with one attached hydrogen (secondary N) is 1. The van der Waals surface area contributed by atoms with Crippen molar-refractivity contribution < 1.29 is 18.0 Å². The number of nitrogens with zero attached hydrogens (tertiary/aromatic N) is 2. The largest absolute Gasteiger partial charge is 0.416 e. The van der Waals surface area contributed by atoms with Crippen LogP contribution in [0.5, 0.6) is 0 Å². The molecule has 2 aromatic rings. The van der Waals surface area contributed by atoms with E-state index in [9.17, 15) is 18.0 Å². The van der Waals surface area contributed by atoms with Gasteiger partial charge in [0.05, 0.1) is 5.56 Å². The molecule has 1 aromatic heterocycles. The predicted molar refractivity (Wildman–Crippen MR) is 92.0 cm³/mol. The van der Waals surface area contributed by atoms with E-state index in [4.69, 9.17) is 0 Å². The van der Waals surface area contributed by atoms with Crippen LogP contribution in [-0.4, -0.2) is 22.0 Å². The van der Waals surface area contributed by atoms with Gasteiger partial charge < -0.3 is 9.88 Å². The standard InChI is InChI=1S/C19H22F3N3O/c1-2-3-9-23-18(26)16-12-25-11-14(7-8-17(25)24-16)13-5-4-6-15(10-13)19(20,21)22/h4-6,10,12,14H,2-3,7-9,11H2,1H3,(H,23,26)/t14-/m0/s1. The van der Waals surface area contributed by atoms with Gasteiger partial charge in [0, 0.05) is 31.6 Å². The number of unbranched alkanes of at least 4 members (excludes halogenated alkanes) is 1. The second-order valence-electron chi connectivity index (χ2n) is 6.66. The summed E-state index contributed by atoms with van der Waals surface area (Å²) in [4.78, 5) is 16.5. The first-order chi connectivity index (χ1) is 12.4. The van der Waals surface area contributed by atoms with Crippen LogP contribution >= 0.6 is 0 Å². The minimum atomic E-state index is -4.34. The number of rotatable bonds is 5. The first kappa shape index (κ1) is 18.5. The molecule has 1 aliphatic rings. The van der Waals surface area contributed by atoms with Crippen molar-refractivity contribution in [1.82, 2.24) is 14.9 Å². The summed E-state index contributed by atoms with van der Waals surface area (Å²) in [5, 5.41) is 2.84. The highest BCUT2D eigenvalue weighted by atomic mass is 19.4. The molecule has 26 heavy (non-hydrogen) atoms. The fraction of sp³-hybridized carbons (Fsp3) is 0.474. The molecule has 0 bridgehead atoms. The van der Waals surface area contributed by atoms with E-state index in [0.29, 0.717) is 30.8 Å². The van der Waals surface area contributed by atoms with Crippen LogP contribution in [0.1, 0.15) is 59.5 Å². The molecule has 7 heteroatoms. The lowest BCUT2D eigenvalue weighted by molar-refractivity contribution is -0.137. The average molecular weight is 365 g/mol. The molecule has 0 fully saturated rings. The van der Waals surface area contributed by atoms with E-state index < -0.39 is 11.7 Å². The summed E-state index contributed by atoms with van der Waals surface area (Å²) in [7, 11) is 0. The maximum Gasteiger partial charge on any atom is 0.416 e. The van der Waals surface area contributed by atoms with Gasteiger partial charge in [-0.1, -0.05) is 31.5 Å². The highest BCUT2D eigenvalue weighted by Crippen LogP contribution is 2.34. The molecule has 1 aliphatic heterocycles. The highest BCUT2D eigenvalue weighted by molar-refractivity contribution is 5.92. The number of hydrogen-bond acceptors (Lipinski definition) is 2. The third kappa shape index (κ3) is 4.08. The van der Waals surface area contributed by atoms with Crippen LogP contribution in [0, 0.1) is 0 Å². The van der Waals surface area contributed by atoms with Gasteiger partial charge in [-0.05, 0) is 24.5 Å². The molecule has 0 saturated carbocycles. The molecule has 0 aliphatic carbocycles. The lowest BCUT2D eigenvalue weighted by Crippen LogP contribution is -2.24. The van der Waals surface area contributed by atoms with Crippen LogP contribution in [0.2, 0.25) is 0 Å². The van der Waals surface area contributed by atoms with Crippen LogP contribution in [-0.2, 0) is 19.1 Å². The second-order valence-corrected chi connectivity index (χ2v) is 6.66. The number of halogens is 3. The molecule has 4 nitrogen and oxygen atoms in total. The quantitative estimate of drug-likeness (QED) is 0.809. The number of carbonyl (C=O) groups is 1. The van der Waals surface area contributed by atoms with Crippen molar-refractivity contribution in [3.63, 3.8) is 0 Å². The van der Waals surface area contributed by atoms with Gasteiger partial charge in [0.1, 0.15) is 11.5 Å². The van der Waals surface area contributed by atoms with Crippen molar-refractivity contribution in [3.05, 3.63) is 53.1 Å². The zero-order valence-electron chi connectivity index (χ0n) is 14.6. The minimum Gasteiger partial charge on any atom is -0.351 e. The molecule has 1 atom stereocenters. The van der Waals surface area contributed by atoms with Crippen LogP contribution in [0.15, 0.2) is 30.5 Å². The van der Waals surface area contributed by atoms with Crippen LogP contribution < -0.4 is 5.32 Å². The Kier molecular flexibility index (Phi) is 5.34. The van der Waals surface area contributed by atoms with Gasteiger partial charge in [-0.25, -0.2) is 4.98 Å². The summed E-state index contributed by atoms with van der Waals surface area (Å²) in [5.41, 5.74) is 0.427. The summed E-state index contributed by atoms with van der Waals surface area (Å²) in [6.07, 6.45) is 0.638. The van der Waals surface area contributed by atoms with Gasteiger partial charge in [-0.2, -0.15) is 13.2 Å².